The molecule has 2 aromatic carbocycles. The van der Waals surface area contributed by atoms with Crippen molar-refractivity contribution in [1.82, 2.24) is 9.36 Å². The van der Waals surface area contributed by atoms with E-state index in [1.165, 1.54) is 0 Å². The Kier molecular flexibility index (Phi) is 4.17. The molecular formula is C18H16ClN3O. The van der Waals surface area contributed by atoms with Crippen molar-refractivity contribution in [2.24, 2.45) is 12.0 Å². The first-order valence-corrected chi connectivity index (χ1v) is 7.59. The van der Waals surface area contributed by atoms with Gasteiger partial charge in [0.15, 0.2) is 5.69 Å². The Bertz CT molecular complexity index is 923. The number of halogens is 1. The lowest BCUT2D eigenvalue weighted by Crippen LogP contribution is -2.19. The molecule has 116 valence electrons. The molecule has 1 heterocycles. The summed E-state index contributed by atoms with van der Waals surface area (Å²) in [5.74, 6) is 0. The maximum atomic E-state index is 12.7. The van der Waals surface area contributed by atoms with Crippen LogP contribution in [0.2, 0.25) is 5.02 Å². The Morgan fingerprint density at radius 2 is 1.83 bits per heavy atom. The molecule has 0 saturated heterocycles. The largest absolute Gasteiger partial charge is 0.297 e. The van der Waals surface area contributed by atoms with Crippen LogP contribution in [-0.2, 0) is 7.05 Å². The molecule has 5 heteroatoms. The van der Waals surface area contributed by atoms with Crippen molar-refractivity contribution >= 4 is 23.5 Å². The van der Waals surface area contributed by atoms with Crippen LogP contribution in [0.4, 0.5) is 5.69 Å². The van der Waals surface area contributed by atoms with E-state index < -0.39 is 0 Å². The van der Waals surface area contributed by atoms with Crippen LogP contribution >= 0.6 is 11.6 Å². The van der Waals surface area contributed by atoms with Gasteiger partial charge < -0.3 is 0 Å². The smallest absolute Gasteiger partial charge is 0.283 e. The third-order valence-corrected chi connectivity index (χ3v) is 3.95. The molecule has 4 nitrogen and oxygen atoms in total. The third kappa shape index (κ3) is 2.98. The van der Waals surface area contributed by atoms with Gasteiger partial charge in [0.1, 0.15) is 0 Å². The van der Waals surface area contributed by atoms with Gasteiger partial charge in [-0.2, -0.15) is 0 Å². The molecule has 0 atom stereocenters. The Balaban J connectivity index is 2.06. The molecule has 0 fully saturated rings. The van der Waals surface area contributed by atoms with E-state index in [4.69, 9.17) is 11.6 Å². The van der Waals surface area contributed by atoms with E-state index >= 15 is 0 Å². The highest BCUT2D eigenvalue weighted by Crippen LogP contribution is 2.17. The maximum Gasteiger partial charge on any atom is 0.297 e. The van der Waals surface area contributed by atoms with E-state index in [9.17, 15) is 4.79 Å². The van der Waals surface area contributed by atoms with Crippen LogP contribution < -0.4 is 5.56 Å². The van der Waals surface area contributed by atoms with Gasteiger partial charge in [0.05, 0.1) is 11.4 Å². The summed E-state index contributed by atoms with van der Waals surface area (Å²) in [5.41, 5.74) is 2.75. The second kappa shape index (κ2) is 6.26. The second-order valence-corrected chi connectivity index (χ2v) is 5.66. The van der Waals surface area contributed by atoms with E-state index in [1.807, 2.05) is 61.1 Å². The number of aromatic nitrogens is 2. The van der Waals surface area contributed by atoms with Gasteiger partial charge >= 0.3 is 0 Å². The predicted molar refractivity (Wildman–Crippen MR) is 94.5 cm³/mol. The fourth-order valence-electron chi connectivity index (χ4n) is 2.43. The average Bonchev–Trinajstić information content (AvgIpc) is 2.76. The van der Waals surface area contributed by atoms with Crippen molar-refractivity contribution in [3.05, 3.63) is 81.2 Å². The molecule has 3 aromatic rings. The summed E-state index contributed by atoms with van der Waals surface area (Å²) in [6.07, 6.45) is 1.66. The molecule has 3 rings (SSSR count). The molecule has 0 amide bonds. The highest BCUT2D eigenvalue weighted by atomic mass is 35.5. The van der Waals surface area contributed by atoms with Gasteiger partial charge in [-0.25, -0.2) is 9.67 Å². The maximum absolute atomic E-state index is 12.7. The normalized spacial score (nSPS) is 11.3. The van der Waals surface area contributed by atoms with E-state index in [0.717, 1.165) is 16.9 Å². The molecule has 23 heavy (non-hydrogen) atoms. The fraction of sp³-hybridized carbons (Fsp3) is 0.111. The number of nitrogens with zero attached hydrogens (tertiary/aromatic N) is 3. The highest BCUT2D eigenvalue weighted by molar-refractivity contribution is 6.30. The number of rotatable bonds is 3. The van der Waals surface area contributed by atoms with Crippen molar-refractivity contribution in [3.8, 4) is 5.69 Å². The standard InChI is InChI=1S/C18H16ClN3O/c1-13-17(20-12-14-7-6-8-15(19)11-14)18(23)22(21(13)2)16-9-4-3-5-10-16/h3-12H,1-2H3. The van der Waals surface area contributed by atoms with Crippen LogP contribution in [0.1, 0.15) is 11.3 Å². The molecule has 0 aliphatic heterocycles. The number of para-hydroxylation sites is 1. The van der Waals surface area contributed by atoms with Crippen molar-refractivity contribution in [2.75, 3.05) is 0 Å². The predicted octanol–water partition coefficient (Wildman–Crippen LogP) is 3.89. The minimum absolute atomic E-state index is 0.144. The Hall–Kier alpha value is -2.59. The second-order valence-electron chi connectivity index (χ2n) is 5.22. The van der Waals surface area contributed by atoms with Gasteiger partial charge in [0.25, 0.3) is 5.56 Å². The van der Waals surface area contributed by atoms with E-state index in [0.29, 0.717) is 10.7 Å². The molecule has 0 N–H and O–H groups in total. The molecule has 0 unspecified atom stereocenters. The van der Waals surface area contributed by atoms with E-state index in [2.05, 4.69) is 4.99 Å². The van der Waals surface area contributed by atoms with E-state index in [1.54, 1.807) is 23.0 Å². The number of hydrogen-bond donors (Lipinski definition) is 0. The average molecular weight is 326 g/mol. The lowest BCUT2D eigenvalue weighted by Gasteiger charge is -2.07. The van der Waals surface area contributed by atoms with Gasteiger partial charge in [0.2, 0.25) is 0 Å². The first-order valence-electron chi connectivity index (χ1n) is 7.21. The molecule has 0 radical (unpaired) electrons. The van der Waals surface area contributed by atoms with Crippen molar-refractivity contribution in [2.45, 2.75) is 6.92 Å². The summed E-state index contributed by atoms with van der Waals surface area (Å²) in [6, 6.07) is 16.9. The summed E-state index contributed by atoms with van der Waals surface area (Å²) >= 11 is 5.97. The van der Waals surface area contributed by atoms with E-state index in [-0.39, 0.29) is 5.56 Å². The van der Waals surface area contributed by atoms with Gasteiger partial charge in [0, 0.05) is 18.3 Å². The summed E-state index contributed by atoms with van der Waals surface area (Å²) < 4.78 is 3.42. The lowest BCUT2D eigenvalue weighted by molar-refractivity contribution is 0.630. The van der Waals surface area contributed by atoms with Crippen LogP contribution in [0, 0.1) is 6.92 Å². The molecule has 0 aliphatic rings. The molecule has 0 spiro atoms. The van der Waals surface area contributed by atoms with Crippen LogP contribution in [0.15, 0.2) is 64.4 Å². The quantitative estimate of drug-likeness (QED) is 0.673. The first kappa shape index (κ1) is 15.3. The van der Waals surface area contributed by atoms with Gasteiger partial charge in [-0.15, -0.1) is 0 Å². The van der Waals surface area contributed by atoms with Crippen LogP contribution in [-0.4, -0.2) is 15.6 Å². The third-order valence-electron chi connectivity index (χ3n) is 3.72. The van der Waals surface area contributed by atoms with Crippen LogP contribution in [0.3, 0.4) is 0 Å². The van der Waals surface area contributed by atoms with Crippen molar-refractivity contribution < 1.29 is 0 Å². The Morgan fingerprint density at radius 1 is 1.09 bits per heavy atom. The number of benzene rings is 2. The molecule has 0 bridgehead atoms. The summed E-state index contributed by atoms with van der Waals surface area (Å²) in [6.45, 7) is 1.88. The van der Waals surface area contributed by atoms with Crippen molar-refractivity contribution in [1.29, 1.82) is 0 Å². The van der Waals surface area contributed by atoms with Gasteiger partial charge in [-0.1, -0.05) is 41.9 Å². The fourth-order valence-corrected chi connectivity index (χ4v) is 2.63. The van der Waals surface area contributed by atoms with Crippen LogP contribution in [0.5, 0.6) is 0 Å². The number of aliphatic imine (C=N–C) groups is 1. The van der Waals surface area contributed by atoms with Gasteiger partial charge in [-0.05, 0) is 36.8 Å². The Labute approximate surface area is 139 Å². The minimum Gasteiger partial charge on any atom is -0.283 e. The van der Waals surface area contributed by atoms with Gasteiger partial charge in [-0.3, -0.25) is 9.48 Å². The SMILES string of the molecule is Cc1c(N=Cc2cccc(Cl)c2)c(=O)n(-c2ccccc2)n1C. The molecule has 1 aromatic heterocycles. The zero-order valence-corrected chi connectivity index (χ0v) is 13.7. The molecular weight excluding hydrogens is 310 g/mol. The summed E-state index contributed by atoms with van der Waals surface area (Å²) in [4.78, 5) is 17.1. The summed E-state index contributed by atoms with van der Waals surface area (Å²) in [5, 5.41) is 0.639. The lowest BCUT2D eigenvalue weighted by atomic mass is 10.2. The minimum atomic E-state index is -0.144. The topological polar surface area (TPSA) is 39.3 Å². The first-order chi connectivity index (χ1) is 11.1. The summed E-state index contributed by atoms with van der Waals surface area (Å²) in [7, 11) is 1.85. The van der Waals surface area contributed by atoms with Crippen molar-refractivity contribution in [3.63, 3.8) is 0 Å². The monoisotopic (exact) mass is 325 g/mol. The highest BCUT2D eigenvalue weighted by Gasteiger charge is 2.14. The molecule has 0 saturated carbocycles. The zero-order chi connectivity index (χ0) is 16.4. The Morgan fingerprint density at radius 3 is 2.52 bits per heavy atom. The number of hydrogen-bond acceptors (Lipinski definition) is 2. The zero-order valence-electron chi connectivity index (χ0n) is 12.9. The van der Waals surface area contributed by atoms with Crippen LogP contribution in [0.25, 0.3) is 5.69 Å². The molecule has 0 aliphatic carbocycles.